The van der Waals surface area contributed by atoms with Crippen LogP contribution in [0.25, 0.3) is 0 Å². The Morgan fingerprint density at radius 3 is 2.42 bits per heavy atom. The topological polar surface area (TPSA) is 79.8 Å². The van der Waals surface area contributed by atoms with Gasteiger partial charge >= 0.3 is 0 Å². The van der Waals surface area contributed by atoms with E-state index in [9.17, 15) is 9.59 Å². The summed E-state index contributed by atoms with van der Waals surface area (Å²) in [6, 6.07) is 22.1. The summed E-state index contributed by atoms with van der Waals surface area (Å²) in [5.41, 5.74) is 5.78. The van der Waals surface area contributed by atoms with Crippen LogP contribution in [0.5, 0.6) is 5.75 Å². The summed E-state index contributed by atoms with van der Waals surface area (Å²) in [4.78, 5) is 23.9. The van der Waals surface area contributed by atoms with Crippen molar-refractivity contribution in [1.82, 2.24) is 10.7 Å². The SMILES string of the molecule is Cc1ccc(COc2ccc(/C=N/NC(=O)CNC(=O)c3ccccc3Cl)cc2)cc1. The molecule has 0 radical (unpaired) electrons. The number of carbonyl (C=O) groups is 2. The van der Waals surface area contributed by atoms with Gasteiger partial charge in [0.2, 0.25) is 0 Å². The van der Waals surface area contributed by atoms with Crippen molar-refractivity contribution in [2.45, 2.75) is 13.5 Å². The molecule has 0 aliphatic rings. The number of amides is 2. The molecule has 0 aliphatic carbocycles. The Morgan fingerprint density at radius 2 is 1.71 bits per heavy atom. The van der Waals surface area contributed by atoms with E-state index in [2.05, 4.69) is 28.0 Å². The lowest BCUT2D eigenvalue weighted by Gasteiger charge is -2.07. The van der Waals surface area contributed by atoms with Crippen LogP contribution >= 0.6 is 11.6 Å². The van der Waals surface area contributed by atoms with Gasteiger partial charge in [-0.15, -0.1) is 0 Å². The fourth-order valence-corrected chi connectivity index (χ4v) is 2.84. The Balaban J connectivity index is 1.41. The fraction of sp³-hybridized carbons (Fsp3) is 0.125. The molecule has 0 aliphatic heterocycles. The van der Waals surface area contributed by atoms with Crippen molar-refractivity contribution >= 4 is 29.6 Å². The van der Waals surface area contributed by atoms with Crippen LogP contribution in [-0.4, -0.2) is 24.6 Å². The van der Waals surface area contributed by atoms with E-state index >= 15 is 0 Å². The first-order chi connectivity index (χ1) is 15.0. The normalized spacial score (nSPS) is 10.6. The number of halogens is 1. The highest BCUT2D eigenvalue weighted by molar-refractivity contribution is 6.33. The van der Waals surface area contributed by atoms with Gasteiger partial charge in [-0.2, -0.15) is 5.10 Å². The maximum Gasteiger partial charge on any atom is 0.259 e. The molecule has 0 saturated heterocycles. The van der Waals surface area contributed by atoms with E-state index in [1.165, 1.54) is 11.8 Å². The molecule has 2 N–H and O–H groups in total. The Bertz CT molecular complexity index is 1060. The zero-order valence-electron chi connectivity index (χ0n) is 17.0. The van der Waals surface area contributed by atoms with Gasteiger partial charge in [0.25, 0.3) is 11.8 Å². The molecule has 3 aromatic carbocycles. The van der Waals surface area contributed by atoms with Crippen LogP contribution in [0.4, 0.5) is 0 Å². The molecule has 7 heteroatoms. The van der Waals surface area contributed by atoms with Crippen molar-refractivity contribution in [3.05, 3.63) is 100 Å². The number of carbonyl (C=O) groups excluding carboxylic acids is 2. The number of hydrazone groups is 1. The third kappa shape index (κ3) is 6.97. The Labute approximate surface area is 185 Å². The molecule has 0 atom stereocenters. The minimum Gasteiger partial charge on any atom is -0.489 e. The zero-order chi connectivity index (χ0) is 22.1. The van der Waals surface area contributed by atoms with Crippen molar-refractivity contribution < 1.29 is 14.3 Å². The molecule has 6 nitrogen and oxygen atoms in total. The summed E-state index contributed by atoms with van der Waals surface area (Å²) >= 11 is 5.96. The summed E-state index contributed by atoms with van der Waals surface area (Å²) in [7, 11) is 0. The van der Waals surface area contributed by atoms with Gasteiger partial charge in [0.05, 0.1) is 23.3 Å². The molecular formula is C24H22ClN3O3. The summed E-state index contributed by atoms with van der Waals surface area (Å²) in [6.07, 6.45) is 1.51. The van der Waals surface area contributed by atoms with E-state index < -0.39 is 11.8 Å². The second-order valence-corrected chi connectivity index (χ2v) is 7.21. The maximum atomic E-state index is 12.0. The van der Waals surface area contributed by atoms with Crippen molar-refractivity contribution in [2.24, 2.45) is 5.10 Å². The van der Waals surface area contributed by atoms with E-state index in [4.69, 9.17) is 16.3 Å². The van der Waals surface area contributed by atoms with Crippen LogP contribution < -0.4 is 15.5 Å². The minimum atomic E-state index is -0.449. The molecule has 3 rings (SSSR count). The van der Waals surface area contributed by atoms with E-state index in [0.29, 0.717) is 17.2 Å². The lowest BCUT2D eigenvalue weighted by Crippen LogP contribution is -2.35. The summed E-state index contributed by atoms with van der Waals surface area (Å²) < 4.78 is 5.76. The second-order valence-electron chi connectivity index (χ2n) is 6.80. The van der Waals surface area contributed by atoms with Crippen LogP contribution in [0.1, 0.15) is 27.0 Å². The lowest BCUT2D eigenvalue weighted by atomic mass is 10.2. The standard InChI is InChI=1S/C24H22ClN3O3/c1-17-6-8-19(9-7-17)16-31-20-12-10-18(11-13-20)14-27-28-23(29)15-26-24(30)21-4-2-3-5-22(21)25/h2-14H,15-16H2,1H3,(H,26,30)(H,28,29)/b27-14+. The van der Waals surface area contributed by atoms with Crippen molar-refractivity contribution in [2.75, 3.05) is 6.54 Å². The van der Waals surface area contributed by atoms with Gasteiger partial charge in [-0.1, -0.05) is 53.6 Å². The van der Waals surface area contributed by atoms with Crippen LogP contribution in [0, 0.1) is 6.92 Å². The third-order valence-electron chi connectivity index (χ3n) is 4.34. The average Bonchev–Trinajstić information content (AvgIpc) is 2.78. The van der Waals surface area contributed by atoms with Gasteiger partial charge < -0.3 is 10.1 Å². The number of rotatable bonds is 8. The van der Waals surface area contributed by atoms with Crippen molar-refractivity contribution in [1.29, 1.82) is 0 Å². The number of ether oxygens (including phenoxy) is 1. The highest BCUT2D eigenvalue weighted by Crippen LogP contribution is 2.15. The number of hydrogen-bond donors (Lipinski definition) is 2. The maximum absolute atomic E-state index is 12.0. The number of nitrogens with one attached hydrogen (secondary N) is 2. The summed E-state index contributed by atoms with van der Waals surface area (Å²) in [5.74, 6) is -0.135. The molecule has 0 unspecified atom stereocenters. The van der Waals surface area contributed by atoms with E-state index in [-0.39, 0.29) is 6.54 Å². The zero-order valence-corrected chi connectivity index (χ0v) is 17.7. The van der Waals surface area contributed by atoms with Crippen LogP contribution in [0.2, 0.25) is 5.02 Å². The minimum absolute atomic E-state index is 0.215. The third-order valence-corrected chi connectivity index (χ3v) is 4.67. The number of nitrogens with zero attached hydrogens (tertiary/aromatic N) is 1. The Morgan fingerprint density at radius 1 is 1.00 bits per heavy atom. The summed E-state index contributed by atoms with van der Waals surface area (Å²) in [6.45, 7) is 2.32. The van der Waals surface area contributed by atoms with Crippen molar-refractivity contribution in [3.63, 3.8) is 0 Å². The number of aryl methyl sites for hydroxylation is 1. The molecular weight excluding hydrogens is 414 g/mol. The molecule has 0 bridgehead atoms. The van der Waals surface area contributed by atoms with E-state index in [1.54, 1.807) is 24.3 Å². The first kappa shape index (κ1) is 22.1. The predicted octanol–water partition coefficient (Wildman–Crippen LogP) is 4.11. The first-order valence-electron chi connectivity index (χ1n) is 9.64. The van der Waals surface area contributed by atoms with Gasteiger partial charge in [0, 0.05) is 0 Å². The number of benzene rings is 3. The Hall–Kier alpha value is -3.64. The van der Waals surface area contributed by atoms with Gasteiger partial charge in [0.15, 0.2) is 0 Å². The second kappa shape index (κ2) is 10.9. The molecule has 0 fully saturated rings. The van der Waals surface area contributed by atoms with Gasteiger partial charge in [-0.05, 0) is 54.4 Å². The quantitative estimate of drug-likeness (QED) is 0.413. The molecule has 0 heterocycles. The predicted molar refractivity (Wildman–Crippen MR) is 121 cm³/mol. The Kier molecular flexibility index (Phi) is 7.79. The smallest absolute Gasteiger partial charge is 0.259 e. The molecule has 158 valence electrons. The monoisotopic (exact) mass is 435 g/mol. The molecule has 31 heavy (non-hydrogen) atoms. The van der Waals surface area contributed by atoms with Gasteiger partial charge in [0.1, 0.15) is 12.4 Å². The largest absolute Gasteiger partial charge is 0.489 e. The van der Waals surface area contributed by atoms with E-state index in [1.807, 2.05) is 43.3 Å². The average molecular weight is 436 g/mol. The lowest BCUT2D eigenvalue weighted by molar-refractivity contribution is -0.120. The molecule has 0 aromatic heterocycles. The highest BCUT2D eigenvalue weighted by Gasteiger charge is 2.10. The van der Waals surface area contributed by atoms with Crippen LogP contribution in [0.15, 0.2) is 77.9 Å². The molecule has 0 spiro atoms. The van der Waals surface area contributed by atoms with Crippen LogP contribution in [-0.2, 0) is 11.4 Å². The fourth-order valence-electron chi connectivity index (χ4n) is 2.62. The number of hydrogen-bond acceptors (Lipinski definition) is 4. The van der Waals surface area contributed by atoms with E-state index in [0.717, 1.165) is 16.9 Å². The van der Waals surface area contributed by atoms with Gasteiger partial charge in [-0.25, -0.2) is 5.43 Å². The summed E-state index contributed by atoms with van der Waals surface area (Å²) in [5, 5.41) is 6.72. The highest BCUT2D eigenvalue weighted by atomic mass is 35.5. The van der Waals surface area contributed by atoms with Crippen molar-refractivity contribution in [3.8, 4) is 5.75 Å². The molecule has 2 amide bonds. The van der Waals surface area contributed by atoms with Crippen LogP contribution in [0.3, 0.4) is 0 Å². The first-order valence-corrected chi connectivity index (χ1v) is 10.0. The van der Waals surface area contributed by atoms with Gasteiger partial charge in [-0.3, -0.25) is 9.59 Å². The molecule has 3 aromatic rings. The molecule has 0 saturated carbocycles.